The lowest BCUT2D eigenvalue weighted by atomic mass is 9.95. The SMILES string of the molecule is c1ccc(-c2cc(-c3ccc4ccccc4c3)nc(-c3cccc4c3oc3c5ccccc5c(-c5ccccc5)cc43)n2)cc1. The molecule has 2 aromatic heterocycles. The van der Waals surface area contributed by atoms with E-state index in [1.54, 1.807) is 0 Å². The summed E-state index contributed by atoms with van der Waals surface area (Å²) in [5.41, 5.74) is 8.73. The molecule has 0 aliphatic carbocycles. The van der Waals surface area contributed by atoms with Gasteiger partial charge in [-0.1, -0.05) is 133 Å². The zero-order valence-electron chi connectivity index (χ0n) is 24.3. The normalized spacial score (nSPS) is 11.6. The third kappa shape index (κ3) is 4.29. The Kier molecular flexibility index (Phi) is 5.82. The van der Waals surface area contributed by atoms with Crippen LogP contribution in [0.2, 0.25) is 0 Å². The predicted octanol–water partition coefficient (Wildman–Crippen LogP) is 11.4. The maximum absolute atomic E-state index is 6.81. The molecule has 210 valence electrons. The molecular formula is C42H26N2O. The van der Waals surface area contributed by atoms with Gasteiger partial charge < -0.3 is 4.42 Å². The van der Waals surface area contributed by atoms with Gasteiger partial charge in [-0.25, -0.2) is 9.97 Å². The van der Waals surface area contributed by atoms with E-state index in [1.165, 1.54) is 21.9 Å². The van der Waals surface area contributed by atoms with Crippen molar-refractivity contribution in [2.75, 3.05) is 0 Å². The van der Waals surface area contributed by atoms with E-state index in [0.717, 1.165) is 60.8 Å². The Bertz CT molecular complexity index is 2530. The van der Waals surface area contributed by atoms with E-state index in [0.29, 0.717) is 5.82 Å². The van der Waals surface area contributed by atoms with Crippen LogP contribution in [-0.2, 0) is 0 Å². The Hall–Kier alpha value is -6.06. The van der Waals surface area contributed by atoms with E-state index in [4.69, 9.17) is 14.4 Å². The van der Waals surface area contributed by atoms with Gasteiger partial charge in [0.1, 0.15) is 11.2 Å². The summed E-state index contributed by atoms with van der Waals surface area (Å²) in [5, 5.41) is 6.76. The standard InChI is InChI=1S/C42H26N2O/c1-3-13-28(14-4-1)36-25-37-34-20-11-21-35(40(34)45-41(37)33-19-10-9-18-32(33)36)42-43-38(29-15-5-2-6-16-29)26-39(44-42)31-23-22-27-12-7-8-17-30(27)24-31/h1-26H. The maximum Gasteiger partial charge on any atom is 0.164 e. The highest BCUT2D eigenvalue weighted by molar-refractivity contribution is 6.20. The maximum atomic E-state index is 6.81. The van der Waals surface area contributed by atoms with E-state index >= 15 is 0 Å². The van der Waals surface area contributed by atoms with Crippen LogP contribution in [0.15, 0.2) is 162 Å². The van der Waals surface area contributed by atoms with Gasteiger partial charge in [-0.05, 0) is 51.6 Å². The Morgan fingerprint density at radius 3 is 1.78 bits per heavy atom. The Morgan fingerprint density at radius 2 is 0.978 bits per heavy atom. The summed E-state index contributed by atoms with van der Waals surface area (Å²) in [4.78, 5) is 10.3. The average molecular weight is 575 g/mol. The zero-order chi connectivity index (χ0) is 29.7. The molecule has 0 fully saturated rings. The third-order valence-corrected chi connectivity index (χ3v) is 8.67. The number of hydrogen-bond acceptors (Lipinski definition) is 3. The van der Waals surface area contributed by atoms with Crippen LogP contribution in [-0.4, -0.2) is 9.97 Å². The van der Waals surface area contributed by atoms with Crippen LogP contribution in [0.5, 0.6) is 0 Å². The molecule has 3 heteroatoms. The topological polar surface area (TPSA) is 38.9 Å². The van der Waals surface area contributed by atoms with Gasteiger partial charge in [0.2, 0.25) is 0 Å². The quantitative estimate of drug-likeness (QED) is 0.210. The first-order valence-corrected chi connectivity index (χ1v) is 15.2. The summed E-state index contributed by atoms with van der Waals surface area (Å²) in [6.07, 6.45) is 0. The Labute approximate surface area is 260 Å². The number of benzene rings is 7. The second kappa shape index (κ2) is 10.3. The lowest BCUT2D eigenvalue weighted by molar-refractivity contribution is 0.673. The lowest BCUT2D eigenvalue weighted by Gasteiger charge is -2.10. The van der Waals surface area contributed by atoms with Gasteiger partial charge in [-0.3, -0.25) is 0 Å². The number of furan rings is 1. The van der Waals surface area contributed by atoms with E-state index < -0.39 is 0 Å². The van der Waals surface area contributed by atoms with Crippen molar-refractivity contribution in [3.05, 3.63) is 158 Å². The van der Waals surface area contributed by atoms with Gasteiger partial charge in [0, 0.05) is 27.3 Å². The Balaban J connectivity index is 1.31. The van der Waals surface area contributed by atoms with Crippen LogP contribution < -0.4 is 0 Å². The highest BCUT2D eigenvalue weighted by atomic mass is 16.3. The largest absolute Gasteiger partial charge is 0.455 e. The minimum absolute atomic E-state index is 0.636. The molecule has 7 aromatic carbocycles. The predicted molar refractivity (Wildman–Crippen MR) is 186 cm³/mol. The summed E-state index contributed by atoms with van der Waals surface area (Å²) in [6, 6.07) is 54.9. The molecule has 0 saturated heterocycles. The van der Waals surface area contributed by atoms with Crippen LogP contribution in [0.25, 0.3) is 88.5 Å². The molecule has 0 aliphatic rings. The van der Waals surface area contributed by atoms with Gasteiger partial charge in [0.25, 0.3) is 0 Å². The average Bonchev–Trinajstić information content (AvgIpc) is 3.51. The molecule has 0 atom stereocenters. The van der Waals surface area contributed by atoms with Crippen molar-refractivity contribution >= 4 is 43.5 Å². The number of para-hydroxylation sites is 1. The van der Waals surface area contributed by atoms with Crippen LogP contribution in [0, 0.1) is 0 Å². The summed E-state index contributed by atoms with van der Waals surface area (Å²) in [5.74, 6) is 0.636. The first-order chi connectivity index (χ1) is 22.3. The molecule has 3 nitrogen and oxygen atoms in total. The van der Waals surface area contributed by atoms with Gasteiger partial charge in [0.05, 0.1) is 17.0 Å². The molecule has 9 rings (SSSR count). The van der Waals surface area contributed by atoms with Crippen molar-refractivity contribution < 1.29 is 4.42 Å². The van der Waals surface area contributed by atoms with Crippen molar-refractivity contribution in [1.29, 1.82) is 0 Å². The van der Waals surface area contributed by atoms with Crippen LogP contribution >= 0.6 is 0 Å². The highest BCUT2D eigenvalue weighted by Crippen LogP contribution is 2.42. The highest BCUT2D eigenvalue weighted by Gasteiger charge is 2.19. The molecule has 0 amide bonds. The fourth-order valence-electron chi connectivity index (χ4n) is 6.47. The molecular weight excluding hydrogens is 548 g/mol. The first kappa shape index (κ1) is 25.4. The smallest absolute Gasteiger partial charge is 0.164 e. The van der Waals surface area contributed by atoms with Crippen molar-refractivity contribution in [1.82, 2.24) is 9.97 Å². The number of hydrogen-bond donors (Lipinski definition) is 0. The second-order valence-corrected chi connectivity index (χ2v) is 11.4. The monoisotopic (exact) mass is 574 g/mol. The lowest BCUT2D eigenvalue weighted by Crippen LogP contribution is -1.96. The van der Waals surface area contributed by atoms with Crippen molar-refractivity contribution in [2.45, 2.75) is 0 Å². The molecule has 45 heavy (non-hydrogen) atoms. The molecule has 0 aliphatic heterocycles. The van der Waals surface area contributed by atoms with Gasteiger partial charge in [0.15, 0.2) is 5.82 Å². The second-order valence-electron chi connectivity index (χ2n) is 11.4. The van der Waals surface area contributed by atoms with Gasteiger partial charge in [-0.15, -0.1) is 0 Å². The Morgan fingerprint density at radius 1 is 0.356 bits per heavy atom. The van der Waals surface area contributed by atoms with Crippen LogP contribution in [0.1, 0.15) is 0 Å². The van der Waals surface area contributed by atoms with E-state index in [2.05, 4.69) is 140 Å². The summed E-state index contributed by atoms with van der Waals surface area (Å²) in [6.45, 7) is 0. The number of nitrogens with zero attached hydrogens (tertiary/aromatic N) is 2. The fraction of sp³-hybridized carbons (Fsp3) is 0. The van der Waals surface area contributed by atoms with Crippen molar-refractivity contribution in [2.24, 2.45) is 0 Å². The fourth-order valence-corrected chi connectivity index (χ4v) is 6.47. The molecule has 2 heterocycles. The van der Waals surface area contributed by atoms with Gasteiger partial charge in [-0.2, -0.15) is 0 Å². The number of fused-ring (bicyclic) bond motifs is 6. The summed E-state index contributed by atoms with van der Waals surface area (Å²) >= 11 is 0. The number of rotatable bonds is 4. The minimum Gasteiger partial charge on any atom is -0.455 e. The zero-order valence-corrected chi connectivity index (χ0v) is 24.3. The minimum atomic E-state index is 0.636. The summed E-state index contributed by atoms with van der Waals surface area (Å²) in [7, 11) is 0. The van der Waals surface area contributed by atoms with Crippen molar-refractivity contribution in [3.63, 3.8) is 0 Å². The van der Waals surface area contributed by atoms with E-state index in [1.807, 2.05) is 18.2 Å². The number of aromatic nitrogens is 2. The molecule has 0 unspecified atom stereocenters. The van der Waals surface area contributed by atoms with Crippen LogP contribution in [0.4, 0.5) is 0 Å². The molecule has 0 N–H and O–H groups in total. The molecule has 0 spiro atoms. The van der Waals surface area contributed by atoms with Gasteiger partial charge >= 0.3 is 0 Å². The molecule has 0 radical (unpaired) electrons. The molecule has 9 aromatic rings. The van der Waals surface area contributed by atoms with Crippen molar-refractivity contribution in [3.8, 4) is 45.0 Å². The molecule has 0 saturated carbocycles. The molecule has 0 bridgehead atoms. The van der Waals surface area contributed by atoms with Crippen LogP contribution in [0.3, 0.4) is 0 Å². The van der Waals surface area contributed by atoms with E-state index in [-0.39, 0.29) is 0 Å². The summed E-state index contributed by atoms with van der Waals surface area (Å²) < 4.78 is 6.81. The first-order valence-electron chi connectivity index (χ1n) is 15.2. The van der Waals surface area contributed by atoms with E-state index in [9.17, 15) is 0 Å². The third-order valence-electron chi connectivity index (χ3n) is 8.67.